The number of carbonyl (C=O) groups excluding carboxylic acids is 3. The molecule has 3 aliphatic rings. The topological polar surface area (TPSA) is 130 Å². The first-order valence-electron chi connectivity index (χ1n) is 11.6. The molecule has 10 nitrogen and oxygen atoms in total. The molecule has 0 unspecified atom stereocenters. The zero-order chi connectivity index (χ0) is 25.1. The van der Waals surface area contributed by atoms with Gasteiger partial charge in [-0.1, -0.05) is 18.7 Å². The second-order valence-electron chi connectivity index (χ2n) is 8.72. The van der Waals surface area contributed by atoms with E-state index < -0.39 is 30.9 Å². The molecule has 35 heavy (non-hydrogen) atoms. The van der Waals surface area contributed by atoms with Crippen LogP contribution in [0.3, 0.4) is 0 Å². The van der Waals surface area contributed by atoms with Crippen LogP contribution in [0.25, 0.3) is 6.08 Å². The van der Waals surface area contributed by atoms with Gasteiger partial charge in [-0.25, -0.2) is 14.6 Å². The summed E-state index contributed by atoms with van der Waals surface area (Å²) >= 11 is 2.65. The summed E-state index contributed by atoms with van der Waals surface area (Å²) < 4.78 is 10.4. The minimum absolute atomic E-state index is 0.111. The maximum atomic E-state index is 13.0. The highest BCUT2D eigenvalue weighted by molar-refractivity contribution is 8.06. The van der Waals surface area contributed by atoms with Gasteiger partial charge in [0.1, 0.15) is 5.70 Å². The molecule has 190 valence electrons. The number of carbonyl (C=O) groups is 3. The molecule has 3 aliphatic heterocycles. The highest BCUT2D eigenvalue weighted by Gasteiger charge is 2.60. The number of aromatic nitrogens is 1. The number of thiazole rings is 1. The Bertz CT molecular complexity index is 1030. The van der Waals surface area contributed by atoms with Gasteiger partial charge in [0.15, 0.2) is 0 Å². The fourth-order valence-corrected chi connectivity index (χ4v) is 6.52. The van der Waals surface area contributed by atoms with Crippen LogP contribution in [0.1, 0.15) is 43.7 Å². The summed E-state index contributed by atoms with van der Waals surface area (Å²) in [5.41, 5.74) is 2.31. The monoisotopic (exact) mass is 523 g/mol. The van der Waals surface area contributed by atoms with Gasteiger partial charge < -0.3 is 29.5 Å². The van der Waals surface area contributed by atoms with E-state index in [0.717, 1.165) is 24.1 Å². The van der Waals surface area contributed by atoms with Crippen molar-refractivity contribution in [2.24, 2.45) is 11.8 Å². The van der Waals surface area contributed by atoms with Crippen LogP contribution in [0.5, 0.6) is 0 Å². The highest BCUT2D eigenvalue weighted by Crippen LogP contribution is 2.51. The predicted octanol–water partition coefficient (Wildman–Crippen LogP) is 2.53. The van der Waals surface area contributed by atoms with E-state index in [2.05, 4.69) is 4.98 Å². The average Bonchev–Trinajstić information content (AvgIpc) is 3.39. The quantitative estimate of drug-likeness (QED) is 0.300. The van der Waals surface area contributed by atoms with Crippen molar-refractivity contribution in [3.8, 4) is 0 Å². The normalized spacial score (nSPS) is 25.0. The van der Waals surface area contributed by atoms with Crippen molar-refractivity contribution in [1.29, 1.82) is 0 Å². The Hall–Kier alpha value is -2.41. The summed E-state index contributed by atoms with van der Waals surface area (Å²) in [7, 11) is 0. The molecule has 0 aliphatic carbocycles. The van der Waals surface area contributed by atoms with Crippen LogP contribution in [-0.2, 0) is 25.7 Å². The molecule has 0 radical (unpaired) electrons. The van der Waals surface area contributed by atoms with Crippen LogP contribution in [0, 0.1) is 11.8 Å². The van der Waals surface area contributed by atoms with Gasteiger partial charge >= 0.3 is 12.1 Å². The fraction of sp³-hybridized carbons (Fsp3) is 0.565. The molecule has 1 aromatic heterocycles. The van der Waals surface area contributed by atoms with Crippen molar-refractivity contribution in [2.45, 2.75) is 51.9 Å². The van der Waals surface area contributed by atoms with E-state index in [1.807, 2.05) is 6.92 Å². The van der Waals surface area contributed by atoms with E-state index in [1.165, 1.54) is 28.0 Å². The summed E-state index contributed by atoms with van der Waals surface area (Å²) in [6, 6.07) is -0.353. The first kappa shape index (κ1) is 25.7. The Labute approximate surface area is 211 Å². The van der Waals surface area contributed by atoms with Gasteiger partial charge in [0.25, 0.3) is 0 Å². The lowest BCUT2D eigenvalue weighted by molar-refractivity contribution is -0.166. The standard InChI is InChI=1S/C23H29N3O7S2/c1-13-18-17(14(2)28)21(29)26(18)19(20(13)34-9-6-16-15(10-27)24-11-35-16)22(30)32-12-33-23(31)25-7-4-3-5-8-25/h6,9,11,13-14,17-18,27-28H,3-5,7-8,10,12H2,1-2H3/b9-6-/t13-,14-,17-,18-/m1/s1. The zero-order valence-corrected chi connectivity index (χ0v) is 21.2. The minimum Gasteiger partial charge on any atom is -0.423 e. The van der Waals surface area contributed by atoms with Crippen LogP contribution >= 0.6 is 23.1 Å². The third kappa shape index (κ3) is 5.11. The number of fused-ring (bicyclic) bond motifs is 1. The number of thioether (sulfide) groups is 1. The molecular weight excluding hydrogens is 494 g/mol. The number of rotatable bonds is 8. The SMILES string of the molecule is C[C@@H](O)[C@H]1C(=O)N2C(C(=O)OCOC(=O)N3CCCCC3)=C(S/C=C\c3scnc3CO)[C@H](C)[C@H]12. The zero-order valence-electron chi connectivity index (χ0n) is 19.6. The smallest absolute Gasteiger partial charge is 0.412 e. The molecule has 1 aromatic rings. The van der Waals surface area contributed by atoms with Crippen molar-refractivity contribution in [3.63, 3.8) is 0 Å². The number of β-lactam (4-membered cyclic amide) rings is 1. The third-order valence-electron chi connectivity index (χ3n) is 6.53. The number of ether oxygens (including phenoxy) is 2. The van der Waals surface area contributed by atoms with Crippen LogP contribution in [0.2, 0.25) is 0 Å². The lowest BCUT2D eigenvalue weighted by Crippen LogP contribution is -2.63. The summed E-state index contributed by atoms with van der Waals surface area (Å²) in [6.45, 7) is 3.97. The number of hydrogen-bond acceptors (Lipinski definition) is 10. The molecule has 4 heterocycles. The predicted molar refractivity (Wildman–Crippen MR) is 130 cm³/mol. The maximum Gasteiger partial charge on any atom is 0.412 e. The van der Waals surface area contributed by atoms with Gasteiger partial charge in [0.05, 0.1) is 40.8 Å². The lowest BCUT2D eigenvalue weighted by Gasteiger charge is -2.46. The number of esters is 1. The van der Waals surface area contributed by atoms with E-state index in [4.69, 9.17) is 9.47 Å². The number of aliphatic hydroxyl groups excluding tert-OH is 2. The molecule has 4 rings (SSSR count). The average molecular weight is 524 g/mol. The number of amides is 2. The lowest BCUT2D eigenvalue weighted by atomic mass is 9.79. The number of hydrogen-bond donors (Lipinski definition) is 2. The Morgan fingerprint density at radius 1 is 1.31 bits per heavy atom. The molecule has 12 heteroatoms. The van der Waals surface area contributed by atoms with Crippen LogP contribution in [-0.4, -0.2) is 75.0 Å². The van der Waals surface area contributed by atoms with E-state index in [-0.39, 0.29) is 30.2 Å². The molecule has 2 fully saturated rings. The van der Waals surface area contributed by atoms with Crippen molar-refractivity contribution < 1.29 is 34.1 Å². The van der Waals surface area contributed by atoms with E-state index in [1.54, 1.807) is 28.8 Å². The summed E-state index contributed by atoms with van der Waals surface area (Å²) in [5.74, 6) is -1.90. The van der Waals surface area contributed by atoms with Crippen molar-refractivity contribution in [1.82, 2.24) is 14.8 Å². The largest absolute Gasteiger partial charge is 0.423 e. The highest BCUT2D eigenvalue weighted by atomic mass is 32.2. The van der Waals surface area contributed by atoms with Gasteiger partial charge in [0.2, 0.25) is 12.7 Å². The van der Waals surface area contributed by atoms with E-state index >= 15 is 0 Å². The van der Waals surface area contributed by atoms with Crippen LogP contribution < -0.4 is 0 Å². The number of piperidine rings is 1. The molecule has 0 saturated carbocycles. The second-order valence-corrected chi connectivity index (χ2v) is 10.6. The Kier molecular flexibility index (Phi) is 8.15. The molecule has 4 atom stereocenters. The van der Waals surface area contributed by atoms with E-state index in [9.17, 15) is 24.6 Å². The van der Waals surface area contributed by atoms with Crippen molar-refractivity contribution >= 4 is 47.1 Å². The summed E-state index contributed by atoms with van der Waals surface area (Å²) in [5, 5.41) is 21.3. The van der Waals surface area contributed by atoms with E-state index in [0.29, 0.717) is 23.7 Å². The second kappa shape index (κ2) is 11.1. The van der Waals surface area contributed by atoms with Crippen molar-refractivity contribution in [2.75, 3.05) is 19.9 Å². The molecule has 2 N–H and O–H groups in total. The molecule has 0 bridgehead atoms. The third-order valence-corrected chi connectivity index (χ3v) is 8.45. The summed E-state index contributed by atoms with van der Waals surface area (Å²) in [6.07, 6.45) is 3.32. The Morgan fingerprint density at radius 3 is 2.74 bits per heavy atom. The molecular formula is C23H29N3O7S2. The van der Waals surface area contributed by atoms with Crippen LogP contribution in [0.15, 0.2) is 21.5 Å². The first-order valence-corrected chi connectivity index (χ1v) is 13.3. The van der Waals surface area contributed by atoms with Gasteiger partial charge in [-0.15, -0.1) is 11.3 Å². The fourth-order valence-electron chi connectivity index (χ4n) is 4.74. The van der Waals surface area contributed by atoms with Gasteiger partial charge in [-0.3, -0.25) is 4.79 Å². The van der Waals surface area contributed by atoms with Crippen LogP contribution in [0.4, 0.5) is 4.79 Å². The Morgan fingerprint density at radius 2 is 2.06 bits per heavy atom. The number of likely N-dealkylation sites (tertiary alicyclic amines) is 1. The van der Waals surface area contributed by atoms with Crippen molar-refractivity contribution in [3.05, 3.63) is 32.1 Å². The molecule has 2 amide bonds. The maximum absolute atomic E-state index is 13.0. The first-order chi connectivity index (χ1) is 16.8. The number of aliphatic hydroxyl groups is 2. The van der Waals surface area contributed by atoms with Gasteiger partial charge in [-0.05, 0) is 37.7 Å². The minimum atomic E-state index is -0.849. The van der Waals surface area contributed by atoms with Gasteiger partial charge in [0, 0.05) is 23.9 Å². The molecule has 2 saturated heterocycles. The Balaban J connectivity index is 1.47. The number of nitrogens with zero attached hydrogens (tertiary/aromatic N) is 3. The summed E-state index contributed by atoms with van der Waals surface area (Å²) in [4.78, 5) is 46.5. The molecule has 0 aromatic carbocycles. The van der Waals surface area contributed by atoms with Gasteiger partial charge in [-0.2, -0.15) is 0 Å². The molecule has 0 spiro atoms.